The lowest BCUT2D eigenvalue weighted by atomic mass is 10.3. The minimum absolute atomic E-state index is 0.0389. The molecule has 0 aliphatic rings. The third kappa shape index (κ3) is 5.05. The molecule has 0 atom stereocenters. The zero-order chi connectivity index (χ0) is 22.8. The number of carboxylic acids is 1. The van der Waals surface area contributed by atoms with E-state index in [1.165, 1.54) is 7.11 Å². The molecule has 1 aromatic heterocycles. The van der Waals surface area contributed by atoms with E-state index in [0.29, 0.717) is 0 Å². The van der Waals surface area contributed by atoms with E-state index in [0.717, 1.165) is 37.0 Å². The van der Waals surface area contributed by atoms with Gasteiger partial charge in [0.05, 0.1) is 29.6 Å². The van der Waals surface area contributed by atoms with Gasteiger partial charge in [0.25, 0.3) is 5.56 Å². The Labute approximate surface area is 175 Å². The van der Waals surface area contributed by atoms with Crippen LogP contribution in [-0.2, 0) is 22.8 Å². The Kier molecular flexibility index (Phi) is 7.03. The molecule has 0 aliphatic carbocycles. The van der Waals surface area contributed by atoms with Crippen molar-refractivity contribution < 1.29 is 32.2 Å². The van der Waals surface area contributed by atoms with Gasteiger partial charge in [0, 0.05) is 18.0 Å². The molecule has 0 fully saturated rings. The smallest absolute Gasteiger partial charge is 0.431 e. The molecular weight excluding hydrogens is 456 g/mol. The minimum atomic E-state index is -4.96. The van der Waals surface area contributed by atoms with Gasteiger partial charge in [-0.25, -0.2) is 18.5 Å². The van der Waals surface area contributed by atoms with E-state index in [-0.39, 0.29) is 36.6 Å². The van der Waals surface area contributed by atoms with Gasteiger partial charge in [-0.3, -0.25) is 9.36 Å². The number of hydrogen-bond donors (Lipinski definition) is 1. The molecule has 2 aromatic rings. The summed E-state index contributed by atoms with van der Waals surface area (Å²) < 4.78 is 58.7. The van der Waals surface area contributed by atoms with Crippen LogP contribution in [0.3, 0.4) is 0 Å². The molecule has 30 heavy (non-hydrogen) atoms. The molecule has 0 amide bonds. The molecule has 1 N–H and O–H groups in total. The number of carbonyl (C=O) groups is 1. The van der Waals surface area contributed by atoms with Crippen molar-refractivity contribution in [3.63, 3.8) is 0 Å². The van der Waals surface area contributed by atoms with Gasteiger partial charge in [-0.05, 0) is 12.1 Å². The number of carboxylic acid groups (broad SMARTS) is 1. The van der Waals surface area contributed by atoms with Crippen molar-refractivity contribution in [2.45, 2.75) is 11.1 Å². The molecule has 0 bridgehead atoms. The molecular formula is C17H13ClF4N2O5S. The highest BCUT2D eigenvalue weighted by atomic mass is 35.5. The van der Waals surface area contributed by atoms with Gasteiger partial charge >= 0.3 is 17.8 Å². The fourth-order valence-electron chi connectivity index (χ4n) is 2.37. The van der Waals surface area contributed by atoms with E-state index >= 15 is 0 Å². The normalized spacial score (nSPS) is 12.2. The Hall–Kier alpha value is -2.73. The Morgan fingerprint density at radius 1 is 1.30 bits per heavy atom. The fraction of sp³-hybridized carbons (Fsp3) is 0.235. The Morgan fingerprint density at radius 3 is 2.47 bits per heavy atom. The summed E-state index contributed by atoms with van der Waals surface area (Å²) in [6.45, 7) is 0. The Bertz CT molecular complexity index is 1140. The predicted molar refractivity (Wildman–Crippen MR) is 101 cm³/mol. The van der Waals surface area contributed by atoms with Crippen molar-refractivity contribution in [2.75, 3.05) is 12.9 Å². The van der Waals surface area contributed by atoms with Gasteiger partial charge in [0.1, 0.15) is 17.3 Å². The number of rotatable bonds is 6. The molecule has 0 saturated carbocycles. The maximum absolute atomic E-state index is 14.4. The van der Waals surface area contributed by atoms with Gasteiger partial charge in [-0.15, -0.1) is 11.8 Å². The lowest BCUT2D eigenvalue weighted by molar-refractivity contribution is -0.144. The number of benzene rings is 1. The van der Waals surface area contributed by atoms with Gasteiger partial charge in [-0.1, -0.05) is 11.6 Å². The highest BCUT2D eigenvalue weighted by molar-refractivity contribution is 7.99. The summed E-state index contributed by atoms with van der Waals surface area (Å²) in [5.74, 6) is -2.39. The average molecular weight is 469 g/mol. The van der Waals surface area contributed by atoms with Crippen molar-refractivity contribution in [3.8, 4) is 5.69 Å². The number of nitrogens with zero attached hydrogens (tertiary/aromatic N) is 2. The Morgan fingerprint density at radius 2 is 1.93 bits per heavy atom. The van der Waals surface area contributed by atoms with Gasteiger partial charge in [0.15, 0.2) is 0 Å². The molecule has 0 aliphatic heterocycles. The van der Waals surface area contributed by atoms with Crippen LogP contribution in [-0.4, -0.2) is 33.1 Å². The Balaban J connectivity index is 2.58. The van der Waals surface area contributed by atoms with E-state index in [2.05, 4.69) is 0 Å². The SMILES string of the molecule is CO/C(=C\C(=O)O)CSc1cc(-n2c(=O)cc(C(F)(F)F)n(C)c2=O)c(F)cc1Cl. The molecule has 7 nitrogen and oxygen atoms in total. The second-order valence-electron chi connectivity index (χ2n) is 5.72. The maximum atomic E-state index is 14.4. The number of ether oxygens (including phenoxy) is 1. The first-order chi connectivity index (χ1) is 13.9. The summed E-state index contributed by atoms with van der Waals surface area (Å²) in [6.07, 6.45) is -4.17. The number of methoxy groups -OCH3 is 1. The molecule has 0 saturated heterocycles. The second-order valence-corrected chi connectivity index (χ2v) is 7.14. The van der Waals surface area contributed by atoms with Crippen LogP contribution in [0, 0.1) is 5.82 Å². The lowest BCUT2D eigenvalue weighted by Gasteiger charge is -2.15. The van der Waals surface area contributed by atoms with E-state index in [9.17, 15) is 31.9 Å². The molecule has 1 heterocycles. The number of aliphatic carboxylic acids is 1. The van der Waals surface area contributed by atoms with Gasteiger partial charge in [0.2, 0.25) is 0 Å². The number of thioether (sulfide) groups is 1. The quantitative estimate of drug-likeness (QED) is 0.303. The van der Waals surface area contributed by atoms with Crippen LogP contribution < -0.4 is 11.2 Å². The van der Waals surface area contributed by atoms with Crippen LogP contribution in [0.1, 0.15) is 5.69 Å². The van der Waals surface area contributed by atoms with Crippen molar-refractivity contribution in [3.05, 3.63) is 67.4 Å². The van der Waals surface area contributed by atoms with Crippen molar-refractivity contribution in [1.29, 1.82) is 0 Å². The average Bonchev–Trinajstić information content (AvgIpc) is 2.63. The predicted octanol–water partition coefficient (Wildman–Crippen LogP) is 3.05. The lowest BCUT2D eigenvalue weighted by Crippen LogP contribution is -2.41. The second kappa shape index (κ2) is 8.96. The summed E-state index contributed by atoms with van der Waals surface area (Å²) >= 11 is 6.86. The monoisotopic (exact) mass is 468 g/mol. The van der Waals surface area contributed by atoms with E-state index in [1.54, 1.807) is 0 Å². The van der Waals surface area contributed by atoms with E-state index in [1.807, 2.05) is 0 Å². The number of alkyl halides is 3. The first kappa shape index (κ1) is 23.5. The molecule has 13 heteroatoms. The first-order valence-corrected chi connectivity index (χ1v) is 9.23. The first-order valence-electron chi connectivity index (χ1n) is 7.86. The molecule has 0 radical (unpaired) electrons. The third-order valence-electron chi connectivity index (χ3n) is 3.77. The number of halogens is 5. The van der Waals surface area contributed by atoms with Gasteiger partial charge in [-0.2, -0.15) is 13.2 Å². The molecule has 1 aromatic carbocycles. The summed E-state index contributed by atoms with van der Waals surface area (Å²) in [5, 5.41) is 8.64. The third-order valence-corrected chi connectivity index (χ3v) is 5.27. The molecule has 0 spiro atoms. The largest absolute Gasteiger partial charge is 0.500 e. The molecule has 162 valence electrons. The molecule has 0 unspecified atom stereocenters. The van der Waals surface area contributed by atoms with Crippen LogP contribution >= 0.6 is 23.4 Å². The van der Waals surface area contributed by atoms with Gasteiger partial charge < -0.3 is 9.84 Å². The standard InChI is InChI=1S/C17H13ClF4N2O5S/c1-23-13(17(20,21)22)6-14(25)24(16(23)28)11-5-12(9(18)4-10(11)19)30-7-8(29-2)3-15(26)27/h3-6H,7H2,1-2H3,(H,26,27)/b8-3-. The van der Waals surface area contributed by atoms with E-state index < -0.39 is 40.6 Å². The summed E-state index contributed by atoms with van der Waals surface area (Å²) in [4.78, 5) is 35.4. The van der Waals surface area contributed by atoms with Crippen LogP contribution in [0.15, 0.2) is 44.5 Å². The topological polar surface area (TPSA) is 90.5 Å². The summed E-state index contributed by atoms with van der Waals surface area (Å²) in [5.41, 5.74) is -4.88. The van der Waals surface area contributed by atoms with E-state index in [4.69, 9.17) is 21.4 Å². The van der Waals surface area contributed by atoms with Crippen molar-refractivity contribution >= 4 is 29.3 Å². The number of aromatic nitrogens is 2. The minimum Gasteiger partial charge on any atom is -0.500 e. The fourth-order valence-corrected chi connectivity index (χ4v) is 3.57. The molecule has 2 rings (SSSR count). The zero-order valence-corrected chi connectivity index (χ0v) is 16.9. The highest BCUT2D eigenvalue weighted by Crippen LogP contribution is 2.32. The summed E-state index contributed by atoms with van der Waals surface area (Å²) in [7, 11) is 2.03. The van der Waals surface area contributed by atoms with Crippen molar-refractivity contribution in [2.24, 2.45) is 7.05 Å². The van der Waals surface area contributed by atoms with Crippen molar-refractivity contribution in [1.82, 2.24) is 9.13 Å². The van der Waals surface area contributed by atoms with Crippen LogP contribution in [0.2, 0.25) is 5.02 Å². The van der Waals surface area contributed by atoms with Crippen LogP contribution in [0.5, 0.6) is 0 Å². The van der Waals surface area contributed by atoms with Crippen LogP contribution in [0.25, 0.3) is 5.69 Å². The zero-order valence-electron chi connectivity index (χ0n) is 15.3. The number of hydrogen-bond acceptors (Lipinski definition) is 5. The van der Waals surface area contributed by atoms with Crippen LogP contribution in [0.4, 0.5) is 17.6 Å². The highest BCUT2D eigenvalue weighted by Gasteiger charge is 2.35. The summed E-state index contributed by atoms with van der Waals surface area (Å²) in [6, 6.07) is 1.98. The maximum Gasteiger partial charge on any atom is 0.431 e.